The van der Waals surface area contributed by atoms with Crippen LogP contribution in [0.4, 0.5) is 0 Å². The van der Waals surface area contributed by atoms with Crippen LogP contribution in [0.25, 0.3) is 11.1 Å². The first-order valence-electron chi connectivity index (χ1n) is 11.4. The van der Waals surface area contributed by atoms with Gasteiger partial charge in [-0.25, -0.2) is 14.2 Å². The Labute approximate surface area is 208 Å². The van der Waals surface area contributed by atoms with Gasteiger partial charge in [-0.2, -0.15) is 0 Å². The van der Waals surface area contributed by atoms with Crippen LogP contribution in [0.2, 0.25) is 5.15 Å². The lowest BCUT2D eigenvalue weighted by molar-refractivity contribution is 0.0697. The van der Waals surface area contributed by atoms with Crippen molar-refractivity contribution in [3.63, 3.8) is 0 Å². The van der Waals surface area contributed by atoms with E-state index in [-0.39, 0.29) is 17.3 Å². The average molecular weight is 489 g/mol. The molecule has 0 atom stereocenters. The van der Waals surface area contributed by atoms with Crippen LogP contribution in [0.5, 0.6) is 0 Å². The third-order valence-corrected chi connectivity index (χ3v) is 6.32. The molecule has 1 N–H and O–H groups in total. The van der Waals surface area contributed by atoms with Gasteiger partial charge in [0.15, 0.2) is 0 Å². The molecule has 0 aliphatic rings. The number of aromatic nitrogens is 2. The first-order chi connectivity index (χ1) is 16.9. The summed E-state index contributed by atoms with van der Waals surface area (Å²) in [6.45, 7) is 2.30. The fourth-order valence-electron chi connectivity index (χ4n) is 4.09. The smallest absolute Gasteiger partial charge is 0.337 e. The number of hydrogen-bond acceptors (Lipinski definition) is 3. The van der Waals surface area contributed by atoms with Gasteiger partial charge in [0.1, 0.15) is 5.15 Å². The molecule has 3 aromatic carbocycles. The number of nitrogens with zero attached hydrogens (tertiary/aromatic N) is 2. The maximum absolute atomic E-state index is 13.4. The summed E-state index contributed by atoms with van der Waals surface area (Å²) in [7, 11) is 0. The molecule has 0 spiro atoms. The van der Waals surface area contributed by atoms with Gasteiger partial charge in [0.2, 0.25) is 0 Å². The molecule has 6 nitrogen and oxygen atoms in total. The normalized spacial score (nSPS) is 10.9. The molecule has 35 heavy (non-hydrogen) atoms. The number of aromatic carboxylic acids is 1. The largest absolute Gasteiger partial charge is 0.478 e. The van der Waals surface area contributed by atoms with E-state index in [1.807, 2.05) is 24.3 Å². The van der Waals surface area contributed by atoms with E-state index in [0.29, 0.717) is 23.2 Å². The van der Waals surface area contributed by atoms with Crippen LogP contribution in [0.15, 0.2) is 83.7 Å². The highest BCUT2D eigenvalue weighted by molar-refractivity contribution is 6.31. The van der Waals surface area contributed by atoms with E-state index in [0.717, 1.165) is 28.5 Å². The third-order valence-electron chi connectivity index (χ3n) is 5.94. The van der Waals surface area contributed by atoms with Gasteiger partial charge in [-0.1, -0.05) is 85.6 Å². The number of hydrogen-bond donors (Lipinski definition) is 1. The van der Waals surface area contributed by atoms with Crippen LogP contribution in [0.3, 0.4) is 0 Å². The summed E-state index contributed by atoms with van der Waals surface area (Å²) in [5.41, 5.74) is 2.98. The molecule has 1 aromatic heterocycles. The quantitative estimate of drug-likeness (QED) is 0.342. The van der Waals surface area contributed by atoms with Gasteiger partial charge in [-0.3, -0.25) is 9.36 Å². The van der Waals surface area contributed by atoms with Crippen molar-refractivity contribution in [3.05, 3.63) is 117 Å². The maximum atomic E-state index is 13.4. The SMILES string of the molecule is CCCCc1c(Cl)n(C(=O)c2ccccc2)c(=O)n1Cc1ccc(-c2ccccc2C(=O)O)cc1. The second-order valence-corrected chi connectivity index (χ2v) is 8.62. The molecule has 0 aliphatic heterocycles. The number of unbranched alkanes of at least 4 members (excludes halogenated alkanes) is 1. The Morgan fingerprint density at radius 2 is 1.57 bits per heavy atom. The Morgan fingerprint density at radius 1 is 0.914 bits per heavy atom. The molecule has 1 heterocycles. The first kappa shape index (κ1) is 24.2. The molecular formula is C28H25ClN2O4. The molecule has 0 unspecified atom stereocenters. The van der Waals surface area contributed by atoms with E-state index in [1.165, 1.54) is 0 Å². The van der Waals surface area contributed by atoms with Crippen molar-refractivity contribution in [2.24, 2.45) is 0 Å². The molecule has 178 valence electrons. The molecule has 7 heteroatoms. The van der Waals surface area contributed by atoms with E-state index >= 15 is 0 Å². The highest BCUT2D eigenvalue weighted by Gasteiger charge is 2.23. The van der Waals surface area contributed by atoms with Gasteiger partial charge in [-0.05, 0) is 47.7 Å². The van der Waals surface area contributed by atoms with Crippen molar-refractivity contribution in [1.29, 1.82) is 0 Å². The third kappa shape index (κ3) is 4.98. The number of carbonyl (C=O) groups is 2. The molecule has 4 aromatic rings. The van der Waals surface area contributed by atoms with E-state index in [2.05, 4.69) is 6.92 Å². The molecule has 0 bridgehead atoms. The van der Waals surface area contributed by atoms with Gasteiger partial charge in [0, 0.05) is 5.56 Å². The van der Waals surface area contributed by atoms with Crippen molar-refractivity contribution in [2.45, 2.75) is 32.7 Å². The average Bonchev–Trinajstić information content (AvgIpc) is 3.11. The van der Waals surface area contributed by atoms with Crippen LogP contribution in [-0.2, 0) is 13.0 Å². The summed E-state index contributed by atoms with van der Waals surface area (Å²) in [4.78, 5) is 38.0. The number of benzene rings is 3. The molecule has 0 saturated heterocycles. The van der Waals surface area contributed by atoms with Crippen molar-refractivity contribution in [2.75, 3.05) is 0 Å². The van der Waals surface area contributed by atoms with Crippen molar-refractivity contribution >= 4 is 23.5 Å². The van der Waals surface area contributed by atoms with Crippen LogP contribution >= 0.6 is 11.6 Å². The zero-order chi connectivity index (χ0) is 24.9. The fraction of sp³-hybridized carbons (Fsp3) is 0.179. The molecule has 0 radical (unpaired) electrons. The zero-order valence-corrected chi connectivity index (χ0v) is 20.0. The lowest BCUT2D eigenvalue weighted by Gasteiger charge is -2.10. The summed E-state index contributed by atoms with van der Waals surface area (Å²) in [5, 5.41) is 9.63. The van der Waals surface area contributed by atoms with Crippen molar-refractivity contribution in [3.8, 4) is 11.1 Å². The number of carboxylic acids is 1. The highest BCUT2D eigenvalue weighted by atomic mass is 35.5. The number of rotatable bonds is 8. The topological polar surface area (TPSA) is 81.3 Å². The maximum Gasteiger partial charge on any atom is 0.337 e. The predicted octanol–water partition coefficient (Wildman–Crippen LogP) is 5.75. The standard InChI is InChI=1S/C28H25ClN2O4/c1-2-3-13-24-25(29)31(26(32)21-9-5-4-6-10-21)28(35)30(24)18-19-14-16-20(17-15-19)22-11-7-8-12-23(22)27(33)34/h4-12,14-17H,2-3,13,18H2,1H3,(H,33,34). The predicted molar refractivity (Wildman–Crippen MR) is 136 cm³/mol. The minimum Gasteiger partial charge on any atom is -0.478 e. The second kappa shape index (κ2) is 10.6. The van der Waals surface area contributed by atoms with Crippen molar-refractivity contribution in [1.82, 2.24) is 9.13 Å². The van der Waals surface area contributed by atoms with Crippen LogP contribution in [0, 0.1) is 0 Å². The number of carboxylic acid groups (broad SMARTS) is 1. The van der Waals surface area contributed by atoms with Crippen LogP contribution in [-0.4, -0.2) is 26.1 Å². The minimum atomic E-state index is -0.990. The first-order valence-corrected chi connectivity index (χ1v) is 11.8. The van der Waals surface area contributed by atoms with Gasteiger partial charge in [0.05, 0.1) is 17.8 Å². The highest BCUT2D eigenvalue weighted by Crippen LogP contribution is 2.25. The Kier molecular flexibility index (Phi) is 7.32. The van der Waals surface area contributed by atoms with Gasteiger partial charge < -0.3 is 5.11 Å². The summed E-state index contributed by atoms with van der Waals surface area (Å²) in [6, 6.07) is 22.8. The molecule has 0 amide bonds. The zero-order valence-electron chi connectivity index (χ0n) is 19.3. The monoisotopic (exact) mass is 488 g/mol. The molecule has 0 saturated carbocycles. The summed E-state index contributed by atoms with van der Waals surface area (Å²) in [5.74, 6) is -1.45. The minimum absolute atomic E-state index is 0.143. The summed E-state index contributed by atoms with van der Waals surface area (Å²) < 4.78 is 2.60. The lowest BCUT2D eigenvalue weighted by Crippen LogP contribution is -2.30. The van der Waals surface area contributed by atoms with Crippen LogP contribution < -0.4 is 5.69 Å². The molecule has 0 fully saturated rings. The van der Waals surface area contributed by atoms with E-state index in [9.17, 15) is 19.5 Å². The fourth-order valence-corrected chi connectivity index (χ4v) is 4.43. The van der Waals surface area contributed by atoms with E-state index in [1.54, 1.807) is 59.2 Å². The molecule has 0 aliphatic carbocycles. The van der Waals surface area contributed by atoms with E-state index < -0.39 is 17.6 Å². The Morgan fingerprint density at radius 3 is 2.23 bits per heavy atom. The second-order valence-electron chi connectivity index (χ2n) is 8.26. The van der Waals surface area contributed by atoms with Gasteiger partial charge >= 0.3 is 11.7 Å². The number of carbonyl (C=O) groups excluding carboxylic acids is 1. The van der Waals surface area contributed by atoms with Crippen LogP contribution in [0.1, 0.15) is 51.7 Å². The summed E-state index contributed by atoms with van der Waals surface area (Å²) in [6.07, 6.45) is 2.32. The van der Waals surface area contributed by atoms with Crippen molar-refractivity contribution < 1.29 is 14.7 Å². The summed E-state index contributed by atoms with van der Waals surface area (Å²) >= 11 is 6.60. The lowest BCUT2D eigenvalue weighted by atomic mass is 9.99. The van der Waals surface area contributed by atoms with E-state index in [4.69, 9.17) is 11.6 Å². The molecule has 4 rings (SSSR count). The Balaban J connectivity index is 1.70. The Hall–Kier alpha value is -3.90. The number of halogens is 1. The molecular weight excluding hydrogens is 464 g/mol. The Bertz CT molecular complexity index is 1420. The number of imidazole rings is 1. The van der Waals surface area contributed by atoms with Gasteiger partial charge in [-0.15, -0.1) is 0 Å². The van der Waals surface area contributed by atoms with Gasteiger partial charge in [0.25, 0.3) is 5.91 Å².